The van der Waals surface area contributed by atoms with Gasteiger partial charge in [-0.3, -0.25) is 48.6 Å². The van der Waals surface area contributed by atoms with Gasteiger partial charge in [0, 0.05) is 108 Å². The molecule has 3 unspecified atom stereocenters. The van der Waals surface area contributed by atoms with Crippen LogP contribution in [-0.2, 0) is 43.0 Å². The van der Waals surface area contributed by atoms with E-state index in [9.17, 15) is 48.3 Å². The summed E-state index contributed by atoms with van der Waals surface area (Å²) in [5.41, 5.74) is 3.99. The highest BCUT2D eigenvalue weighted by Gasteiger charge is 2.63. The van der Waals surface area contributed by atoms with Gasteiger partial charge in [-0.1, -0.05) is 62.3 Å². The summed E-state index contributed by atoms with van der Waals surface area (Å²) in [6, 6.07) is 10.4. The molecule has 100 heavy (non-hydrogen) atoms. The van der Waals surface area contributed by atoms with Crippen molar-refractivity contribution in [3.05, 3.63) is 82.0 Å². The van der Waals surface area contributed by atoms with Crippen molar-refractivity contribution in [2.24, 2.45) is 17.3 Å². The van der Waals surface area contributed by atoms with Gasteiger partial charge in [0.25, 0.3) is 11.8 Å². The number of rotatable bonds is 24. The lowest BCUT2D eigenvalue weighted by Crippen LogP contribution is -2.68. The summed E-state index contributed by atoms with van der Waals surface area (Å²) in [6.45, 7) is 17.2. The maximum atomic E-state index is 15.2. The first kappa shape index (κ1) is 74.6. The lowest BCUT2D eigenvalue weighted by molar-refractivity contribution is -0.155. The molecule has 9 amide bonds. The van der Waals surface area contributed by atoms with E-state index in [2.05, 4.69) is 63.9 Å². The van der Waals surface area contributed by atoms with Crippen LogP contribution < -0.4 is 20.9 Å². The van der Waals surface area contributed by atoms with Crippen molar-refractivity contribution in [3.8, 4) is 11.8 Å². The predicted molar refractivity (Wildman–Crippen MR) is 377 cm³/mol. The molecule has 10 rings (SSSR count). The summed E-state index contributed by atoms with van der Waals surface area (Å²) < 4.78 is 17.4. The van der Waals surface area contributed by atoms with Crippen molar-refractivity contribution >= 4 is 70.7 Å². The number of fused-ring (bicyclic) bond motifs is 5. The van der Waals surface area contributed by atoms with E-state index >= 15 is 4.79 Å². The van der Waals surface area contributed by atoms with Crippen LogP contribution in [-0.4, -0.2) is 203 Å². The Labute approximate surface area is 589 Å². The third-order valence-electron chi connectivity index (χ3n) is 21.6. The van der Waals surface area contributed by atoms with E-state index in [-0.39, 0.29) is 87.3 Å². The number of ketones is 1. The average Bonchev–Trinajstić information content (AvgIpc) is 1.45. The van der Waals surface area contributed by atoms with E-state index in [0.717, 1.165) is 87.6 Å². The van der Waals surface area contributed by atoms with Crippen LogP contribution in [0, 0.1) is 29.1 Å². The van der Waals surface area contributed by atoms with E-state index in [1.54, 1.807) is 66.7 Å². The summed E-state index contributed by atoms with van der Waals surface area (Å²) in [5.74, 6) is 3.79. The minimum atomic E-state index is -1.14. The molecule has 4 aliphatic heterocycles. The van der Waals surface area contributed by atoms with E-state index in [4.69, 9.17) is 14.2 Å². The minimum Gasteiger partial charge on any atom is -0.444 e. The molecule has 0 radical (unpaired) electrons. The van der Waals surface area contributed by atoms with Crippen LogP contribution in [0.2, 0.25) is 0 Å². The van der Waals surface area contributed by atoms with Gasteiger partial charge in [-0.2, -0.15) is 0 Å². The molecule has 23 heteroatoms. The monoisotopic (exact) mass is 1380 g/mol. The molecule has 23 nitrogen and oxygen atoms in total. The molecule has 8 aliphatic rings. The third-order valence-corrected chi connectivity index (χ3v) is 21.6. The summed E-state index contributed by atoms with van der Waals surface area (Å²) in [5, 5.41) is 20.8. The van der Waals surface area contributed by atoms with Gasteiger partial charge in [0.05, 0.1) is 24.2 Å². The van der Waals surface area contributed by atoms with Gasteiger partial charge >= 0.3 is 12.2 Å². The zero-order chi connectivity index (χ0) is 71.8. The van der Waals surface area contributed by atoms with Crippen LogP contribution in [0.3, 0.4) is 0 Å². The fourth-order valence-electron chi connectivity index (χ4n) is 16.5. The highest BCUT2D eigenvalue weighted by atomic mass is 16.6. The number of allylic oxidation sites excluding steroid dienone is 4. The van der Waals surface area contributed by atoms with Crippen LogP contribution in [0.15, 0.2) is 65.3 Å². The smallest absolute Gasteiger partial charge is 0.410 e. The zero-order valence-electron chi connectivity index (χ0n) is 60.2. The lowest BCUT2D eigenvalue weighted by atomic mass is 9.51. The Balaban J connectivity index is 0.701. The normalized spacial score (nSPS) is 25.2. The molecule has 5 fully saturated rings. The van der Waals surface area contributed by atoms with Crippen LogP contribution in [0.4, 0.5) is 21.0 Å². The van der Waals surface area contributed by atoms with Crippen molar-refractivity contribution in [1.29, 1.82) is 0 Å². The van der Waals surface area contributed by atoms with E-state index in [0.29, 0.717) is 76.1 Å². The molecule has 4 heterocycles. The molecular formula is C77H105N9O14. The molecule has 542 valence electrons. The van der Waals surface area contributed by atoms with Crippen LogP contribution in [0.5, 0.6) is 0 Å². The number of hydrogen-bond acceptors (Lipinski definition) is 16. The van der Waals surface area contributed by atoms with Gasteiger partial charge in [0.1, 0.15) is 34.9 Å². The molecule has 2 aromatic carbocycles. The van der Waals surface area contributed by atoms with Gasteiger partial charge in [0.15, 0.2) is 5.78 Å². The predicted octanol–water partition coefficient (Wildman–Crippen LogP) is 9.22. The Hall–Kier alpha value is -8.10. The summed E-state index contributed by atoms with van der Waals surface area (Å²) in [6.07, 6.45) is 13.5. The van der Waals surface area contributed by atoms with Gasteiger partial charge in [0.2, 0.25) is 29.5 Å². The average molecular weight is 1380 g/mol. The Morgan fingerprint density at radius 2 is 1.38 bits per heavy atom. The number of imide groups is 2. The number of ether oxygens (including phenoxy) is 3. The van der Waals surface area contributed by atoms with Crippen molar-refractivity contribution in [1.82, 2.24) is 35.1 Å². The number of nitrogens with zero attached hydrogens (tertiary/aromatic N) is 6. The van der Waals surface area contributed by atoms with E-state index < -0.39 is 88.0 Å². The summed E-state index contributed by atoms with van der Waals surface area (Å²) >= 11 is 0. The first-order chi connectivity index (χ1) is 47.6. The zero-order valence-corrected chi connectivity index (χ0v) is 60.2. The van der Waals surface area contributed by atoms with Crippen molar-refractivity contribution in [2.45, 2.75) is 218 Å². The summed E-state index contributed by atoms with van der Waals surface area (Å²) in [7, 11) is 1.99. The number of aliphatic hydroxyl groups is 1. The maximum Gasteiger partial charge on any atom is 0.410 e. The third kappa shape index (κ3) is 16.9. The molecule has 0 bridgehead atoms. The van der Waals surface area contributed by atoms with Gasteiger partial charge in [-0.15, -0.1) is 5.92 Å². The summed E-state index contributed by atoms with van der Waals surface area (Å²) in [4.78, 5) is 144. The second-order valence-corrected chi connectivity index (χ2v) is 30.7. The van der Waals surface area contributed by atoms with Crippen molar-refractivity contribution < 1.29 is 67.3 Å². The highest BCUT2D eigenvalue weighted by molar-refractivity contribution is 6.25. The first-order valence-corrected chi connectivity index (χ1v) is 36.5. The number of anilines is 2. The van der Waals surface area contributed by atoms with Crippen molar-refractivity contribution in [2.75, 3.05) is 89.4 Å². The largest absolute Gasteiger partial charge is 0.444 e. The second-order valence-electron chi connectivity index (χ2n) is 30.7. The van der Waals surface area contributed by atoms with Crippen LogP contribution in [0.1, 0.15) is 210 Å². The number of amides is 9. The quantitative estimate of drug-likeness (QED) is 0.0433. The Morgan fingerprint density at radius 1 is 0.730 bits per heavy atom. The lowest BCUT2D eigenvalue weighted by Gasteiger charge is -2.53. The topological polar surface area (TPSA) is 274 Å². The molecule has 8 atom stereocenters. The standard InChI is InChI=1S/C77H105N9O14/c1-10-35-77(97)36-34-58-55-30-26-51-46-53(87)29-31-54(51)65(55)57(47-76(58,77)8)50-24-27-52(28-25-50)81(9)39-20-23-64(89)84-42-40-83(73(96)100-75(5,6)7)49-62(84)70(93)85-43-41-82(72(95)99-74(2,3)4)48-61(85)67(90)79-38-16-12-14-18-45-98-44-17-13-11-15-37-78-59-22-19-21-56-66(59)71(94)86(69(56)92)60-32-33-63(88)80-68(60)91/h19,21-22,24-25,27-28,46,55,57-58,60-62,78,97H,11-18,20,23,26,29-34,36-45,47-49H2,1-9H3,(H,79,90)(H,80,88,91)/t55-,57+,58-,60?,61?,62?,76-,77-/m0/s1. The number of piperidine rings is 1. The highest BCUT2D eigenvalue weighted by Crippen LogP contribution is 2.66. The van der Waals surface area contributed by atoms with E-state index in [1.165, 1.54) is 41.9 Å². The van der Waals surface area contributed by atoms with E-state index in [1.807, 2.05) is 13.1 Å². The molecule has 0 aromatic heterocycles. The molecule has 2 saturated carbocycles. The SMILES string of the molecule is CC#C[C@]1(O)CC[C@H]2[C@@H]3CCC4=CC(=O)CCC4=C3[C@@H](c3ccc(N(C)CCCC(=O)N4CCN(C(=O)OC(C)(C)C)CC4C(=O)N4CCN(C(=O)OC(C)(C)C)CC4C(=O)NCCCCCCOCCCCCCNc4cccc5c4C(=O)N(C4CCC(=O)NC4=O)C5=O)cc3)C[C@@]21C. The number of carbonyl (C=O) groups is 10. The molecule has 4 aliphatic carbocycles. The molecular weight excluding hydrogens is 1270 g/mol. The number of nitrogens with one attached hydrogen (secondary N) is 3. The minimum absolute atomic E-state index is 0.0181. The Kier molecular flexibility index (Phi) is 23.7. The number of carbonyl (C=O) groups excluding carboxylic acids is 10. The molecule has 2 aromatic rings. The Bertz CT molecular complexity index is 3580. The maximum absolute atomic E-state index is 15.2. The van der Waals surface area contributed by atoms with Gasteiger partial charge < -0.3 is 54.5 Å². The van der Waals surface area contributed by atoms with Crippen molar-refractivity contribution in [3.63, 3.8) is 0 Å². The number of piperazine rings is 2. The van der Waals surface area contributed by atoms with Gasteiger partial charge in [-0.25, -0.2) is 9.59 Å². The van der Waals surface area contributed by atoms with Crippen LogP contribution in [0.25, 0.3) is 0 Å². The number of unbranched alkanes of at least 4 members (excludes halogenated alkanes) is 6. The molecule has 4 N–H and O–H groups in total. The fraction of sp³-hybridized carbons (Fsp3) is 0.636. The number of benzene rings is 2. The first-order valence-electron chi connectivity index (χ1n) is 36.5. The Morgan fingerprint density at radius 3 is 2.04 bits per heavy atom. The van der Waals surface area contributed by atoms with Crippen LogP contribution >= 0.6 is 0 Å². The number of hydrogen-bond donors (Lipinski definition) is 4. The fourth-order valence-corrected chi connectivity index (χ4v) is 16.5. The molecule has 0 spiro atoms. The second kappa shape index (κ2) is 31.8. The van der Waals surface area contributed by atoms with Gasteiger partial charge in [-0.05, 0) is 184 Å². The molecule has 3 saturated heterocycles.